The molecule has 1 heterocycles. The van der Waals surface area contributed by atoms with E-state index in [1.54, 1.807) is 6.92 Å². The van der Waals surface area contributed by atoms with E-state index in [0.717, 1.165) is 5.56 Å². The molecule has 0 aliphatic rings. The van der Waals surface area contributed by atoms with E-state index in [2.05, 4.69) is 10.2 Å². The highest BCUT2D eigenvalue weighted by Crippen LogP contribution is 2.08. The minimum absolute atomic E-state index is 0.0993. The molecular formula is C12H12N2O3. The molecule has 5 heteroatoms. The summed E-state index contributed by atoms with van der Waals surface area (Å²) in [4.78, 5) is 11.3. The average Bonchev–Trinajstić information content (AvgIpc) is 2.79. The standard InChI is InChI=1S/C12H12N2O3/c1-2-16-12(15)11-14-13-10(17-11)8-9-6-4-3-5-7-9/h3-7H,2,8H2,1H3. The second-order valence-electron chi connectivity index (χ2n) is 3.38. The van der Waals surface area contributed by atoms with Crippen molar-refractivity contribution in [1.82, 2.24) is 10.2 Å². The minimum atomic E-state index is -0.584. The number of ether oxygens (including phenoxy) is 1. The molecule has 0 unspecified atom stereocenters. The molecule has 0 amide bonds. The number of rotatable bonds is 4. The summed E-state index contributed by atoms with van der Waals surface area (Å²) in [7, 11) is 0. The Hall–Kier alpha value is -2.17. The van der Waals surface area contributed by atoms with Gasteiger partial charge in [0.1, 0.15) is 0 Å². The van der Waals surface area contributed by atoms with E-state index in [4.69, 9.17) is 9.15 Å². The van der Waals surface area contributed by atoms with Crippen LogP contribution in [-0.2, 0) is 11.2 Å². The van der Waals surface area contributed by atoms with Crippen LogP contribution in [0.5, 0.6) is 0 Å². The highest BCUT2D eigenvalue weighted by Gasteiger charge is 2.15. The number of benzene rings is 1. The summed E-state index contributed by atoms with van der Waals surface area (Å²) < 4.78 is 9.96. The van der Waals surface area contributed by atoms with Crippen molar-refractivity contribution in [2.75, 3.05) is 6.61 Å². The molecular weight excluding hydrogens is 220 g/mol. The lowest BCUT2D eigenvalue weighted by Crippen LogP contribution is -2.04. The number of hydrogen-bond donors (Lipinski definition) is 0. The molecule has 0 radical (unpaired) electrons. The zero-order chi connectivity index (χ0) is 12.1. The van der Waals surface area contributed by atoms with Crippen molar-refractivity contribution >= 4 is 5.97 Å². The minimum Gasteiger partial charge on any atom is -0.459 e. The topological polar surface area (TPSA) is 65.2 Å². The Bertz CT molecular complexity index is 493. The highest BCUT2D eigenvalue weighted by atomic mass is 16.5. The summed E-state index contributed by atoms with van der Waals surface area (Å²) in [6.45, 7) is 2.01. The Morgan fingerprint density at radius 1 is 1.29 bits per heavy atom. The summed E-state index contributed by atoms with van der Waals surface area (Å²) in [6.07, 6.45) is 0.507. The summed E-state index contributed by atoms with van der Waals surface area (Å²) in [5, 5.41) is 7.44. The monoisotopic (exact) mass is 232 g/mol. The van der Waals surface area contributed by atoms with Gasteiger partial charge in [0.2, 0.25) is 5.89 Å². The zero-order valence-electron chi connectivity index (χ0n) is 9.42. The van der Waals surface area contributed by atoms with Gasteiger partial charge >= 0.3 is 11.9 Å². The number of aromatic nitrogens is 2. The number of carbonyl (C=O) groups excluding carboxylic acids is 1. The van der Waals surface area contributed by atoms with Crippen LogP contribution in [-0.4, -0.2) is 22.8 Å². The quantitative estimate of drug-likeness (QED) is 0.752. The van der Waals surface area contributed by atoms with Gasteiger partial charge in [-0.05, 0) is 12.5 Å². The molecule has 0 spiro atoms. The maximum atomic E-state index is 11.3. The summed E-state index contributed by atoms with van der Waals surface area (Å²) in [5.41, 5.74) is 1.05. The van der Waals surface area contributed by atoms with Crippen LogP contribution in [0.4, 0.5) is 0 Å². The van der Waals surface area contributed by atoms with Gasteiger partial charge < -0.3 is 9.15 Å². The maximum Gasteiger partial charge on any atom is 0.396 e. The first-order valence-corrected chi connectivity index (χ1v) is 5.33. The molecule has 2 aromatic rings. The van der Waals surface area contributed by atoms with Crippen molar-refractivity contribution in [1.29, 1.82) is 0 Å². The van der Waals surface area contributed by atoms with Crippen molar-refractivity contribution in [3.05, 3.63) is 47.7 Å². The fourth-order valence-corrected chi connectivity index (χ4v) is 1.37. The molecule has 0 saturated heterocycles. The van der Waals surface area contributed by atoms with E-state index >= 15 is 0 Å². The number of hydrogen-bond acceptors (Lipinski definition) is 5. The van der Waals surface area contributed by atoms with Crippen molar-refractivity contribution in [2.24, 2.45) is 0 Å². The largest absolute Gasteiger partial charge is 0.459 e. The third-order valence-electron chi connectivity index (χ3n) is 2.12. The molecule has 1 aromatic heterocycles. The van der Waals surface area contributed by atoms with Crippen LogP contribution in [0, 0.1) is 0 Å². The second kappa shape index (κ2) is 5.25. The van der Waals surface area contributed by atoms with Gasteiger partial charge in [0.05, 0.1) is 13.0 Å². The van der Waals surface area contributed by atoms with E-state index in [9.17, 15) is 4.79 Å². The van der Waals surface area contributed by atoms with Gasteiger partial charge in [0.25, 0.3) is 0 Å². The van der Waals surface area contributed by atoms with Gasteiger partial charge in [-0.3, -0.25) is 0 Å². The molecule has 0 atom stereocenters. The first-order chi connectivity index (χ1) is 8.29. The van der Waals surface area contributed by atoms with E-state index in [1.807, 2.05) is 30.3 Å². The van der Waals surface area contributed by atoms with Gasteiger partial charge in [-0.15, -0.1) is 10.2 Å². The lowest BCUT2D eigenvalue weighted by atomic mass is 10.2. The van der Waals surface area contributed by atoms with Gasteiger partial charge in [-0.2, -0.15) is 0 Å². The molecule has 2 rings (SSSR count). The van der Waals surface area contributed by atoms with E-state index in [0.29, 0.717) is 12.3 Å². The Morgan fingerprint density at radius 3 is 2.76 bits per heavy atom. The first kappa shape index (κ1) is 11.3. The first-order valence-electron chi connectivity index (χ1n) is 5.33. The third-order valence-corrected chi connectivity index (χ3v) is 2.12. The van der Waals surface area contributed by atoms with Crippen LogP contribution in [0.15, 0.2) is 34.7 Å². The van der Waals surface area contributed by atoms with E-state index < -0.39 is 5.97 Å². The fraction of sp³-hybridized carbons (Fsp3) is 0.250. The smallest absolute Gasteiger partial charge is 0.396 e. The molecule has 0 aliphatic heterocycles. The lowest BCUT2D eigenvalue weighted by Gasteiger charge is -1.96. The Labute approximate surface area is 98.4 Å². The molecule has 0 saturated carbocycles. The van der Waals surface area contributed by atoms with Crippen LogP contribution in [0.1, 0.15) is 29.1 Å². The number of nitrogens with zero attached hydrogens (tertiary/aromatic N) is 2. The van der Waals surface area contributed by atoms with E-state index in [1.165, 1.54) is 0 Å². The van der Waals surface area contributed by atoms with E-state index in [-0.39, 0.29) is 12.5 Å². The molecule has 0 N–H and O–H groups in total. The predicted octanol–water partition coefficient (Wildman–Crippen LogP) is 1.84. The molecule has 0 fully saturated rings. The molecule has 88 valence electrons. The van der Waals surface area contributed by atoms with Crippen LogP contribution in [0.25, 0.3) is 0 Å². The van der Waals surface area contributed by atoms with Gasteiger partial charge in [-0.25, -0.2) is 4.79 Å². The van der Waals surface area contributed by atoms with Crippen LogP contribution >= 0.6 is 0 Å². The van der Waals surface area contributed by atoms with Crippen molar-refractivity contribution in [2.45, 2.75) is 13.3 Å². The van der Waals surface area contributed by atoms with Crippen molar-refractivity contribution in [3.63, 3.8) is 0 Å². The summed E-state index contributed by atoms with van der Waals surface area (Å²) >= 11 is 0. The third kappa shape index (κ3) is 2.90. The SMILES string of the molecule is CCOC(=O)c1nnc(Cc2ccccc2)o1. The average molecular weight is 232 g/mol. The molecule has 17 heavy (non-hydrogen) atoms. The Balaban J connectivity index is 2.06. The molecule has 0 aliphatic carbocycles. The van der Waals surface area contributed by atoms with Crippen LogP contribution in [0.3, 0.4) is 0 Å². The molecule has 5 nitrogen and oxygen atoms in total. The molecule has 1 aromatic carbocycles. The number of carbonyl (C=O) groups is 1. The van der Waals surface area contributed by atoms with Gasteiger partial charge in [0, 0.05) is 0 Å². The van der Waals surface area contributed by atoms with Gasteiger partial charge in [-0.1, -0.05) is 30.3 Å². The summed E-state index contributed by atoms with van der Waals surface area (Å²) in [5.74, 6) is -0.281. The second-order valence-corrected chi connectivity index (χ2v) is 3.38. The lowest BCUT2D eigenvalue weighted by molar-refractivity contribution is 0.0479. The van der Waals surface area contributed by atoms with Crippen LogP contribution in [0.2, 0.25) is 0 Å². The van der Waals surface area contributed by atoms with Crippen molar-refractivity contribution < 1.29 is 13.9 Å². The number of esters is 1. The fourth-order valence-electron chi connectivity index (χ4n) is 1.37. The molecule has 0 bridgehead atoms. The normalized spacial score (nSPS) is 10.2. The predicted molar refractivity (Wildman–Crippen MR) is 59.5 cm³/mol. The zero-order valence-corrected chi connectivity index (χ0v) is 9.42. The summed E-state index contributed by atoms with van der Waals surface area (Å²) in [6, 6.07) is 9.69. The highest BCUT2D eigenvalue weighted by molar-refractivity contribution is 5.83. The van der Waals surface area contributed by atoms with Gasteiger partial charge in [0.15, 0.2) is 0 Å². The van der Waals surface area contributed by atoms with Crippen molar-refractivity contribution in [3.8, 4) is 0 Å². The van der Waals surface area contributed by atoms with Crippen LogP contribution < -0.4 is 0 Å². The maximum absolute atomic E-state index is 11.3. The Kier molecular flexibility index (Phi) is 3.49. The Morgan fingerprint density at radius 2 is 2.06 bits per heavy atom.